The van der Waals surface area contributed by atoms with Crippen molar-refractivity contribution in [1.29, 1.82) is 5.26 Å². The first-order valence-electron chi connectivity index (χ1n) is 11.1. The van der Waals surface area contributed by atoms with Crippen LogP contribution in [0.5, 0.6) is 0 Å². The number of rotatable bonds is 6. The normalized spacial score (nSPS) is 13.8. The van der Waals surface area contributed by atoms with Gasteiger partial charge in [-0.1, -0.05) is 61.7 Å². The van der Waals surface area contributed by atoms with Crippen molar-refractivity contribution in [1.82, 2.24) is 4.98 Å². The van der Waals surface area contributed by atoms with Crippen molar-refractivity contribution in [2.24, 2.45) is 5.92 Å². The number of aromatic nitrogens is 1. The molecule has 3 aromatic rings. The highest BCUT2D eigenvalue weighted by Gasteiger charge is 2.31. The molecule has 0 unspecified atom stereocenters. The van der Waals surface area contributed by atoms with Crippen molar-refractivity contribution < 1.29 is 9.72 Å². The molecule has 33 heavy (non-hydrogen) atoms. The summed E-state index contributed by atoms with van der Waals surface area (Å²) in [7, 11) is 0. The van der Waals surface area contributed by atoms with Crippen LogP contribution in [0.3, 0.4) is 0 Å². The van der Waals surface area contributed by atoms with Gasteiger partial charge in [0.2, 0.25) is 11.7 Å². The van der Waals surface area contributed by atoms with E-state index in [9.17, 15) is 20.2 Å². The van der Waals surface area contributed by atoms with Gasteiger partial charge in [0.05, 0.1) is 23.1 Å². The fourth-order valence-corrected chi connectivity index (χ4v) is 4.37. The smallest absolute Gasteiger partial charge is 0.286 e. The molecule has 0 spiro atoms. The van der Waals surface area contributed by atoms with E-state index in [2.05, 4.69) is 11.1 Å². The van der Waals surface area contributed by atoms with Crippen LogP contribution in [0.2, 0.25) is 0 Å². The Kier molecular flexibility index (Phi) is 6.75. The van der Waals surface area contributed by atoms with Crippen LogP contribution in [0.25, 0.3) is 11.1 Å². The first-order valence-corrected chi connectivity index (χ1v) is 11.1. The van der Waals surface area contributed by atoms with E-state index in [4.69, 9.17) is 0 Å². The van der Waals surface area contributed by atoms with Crippen LogP contribution in [0, 0.1) is 27.4 Å². The molecule has 7 heteroatoms. The minimum absolute atomic E-state index is 0.0805. The molecule has 0 N–H and O–H groups in total. The third kappa shape index (κ3) is 4.90. The van der Waals surface area contributed by atoms with Gasteiger partial charge in [0, 0.05) is 18.2 Å². The minimum Gasteiger partial charge on any atom is -0.286 e. The Morgan fingerprint density at radius 1 is 1.06 bits per heavy atom. The Balaban J connectivity index is 1.66. The molecule has 1 saturated carbocycles. The highest BCUT2D eigenvalue weighted by Crippen LogP contribution is 2.32. The molecule has 1 heterocycles. The van der Waals surface area contributed by atoms with Gasteiger partial charge >= 0.3 is 5.69 Å². The fourth-order valence-electron chi connectivity index (χ4n) is 4.37. The molecule has 0 aliphatic heterocycles. The summed E-state index contributed by atoms with van der Waals surface area (Å²) in [6.07, 6.45) is 6.15. The number of carbonyl (C=O) groups excluding carboxylic acids is 1. The Labute approximate surface area is 192 Å². The van der Waals surface area contributed by atoms with Crippen LogP contribution in [0.4, 0.5) is 11.5 Å². The number of amides is 1. The number of hydrogen-bond acceptors (Lipinski definition) is 5. The number of anilines is 1. The lowest BCUT2D eigenvalue weighted by Gasteiger charge is -2.28. The largest absolute Gasteiger partial charge is 0.312 e. The summed E-state index contributed by atoms with van der Waals surface area (Å²) in [4.78, 5) is 30.3. The molecule has 0 saturated heterocycles. The van der Waals surface area contributed by atoms with Crippen LogP contribution in [-0.2, 0) is 11.3 Å². The molecular formula is C26H24N4O3. The van der Waals surface area contributed by atoms with E-state index in [0.29, 0.717) is 5.56 Å². The predicted molar refractivity (Wildman–Crippen MR) is 125 cm³/mol. The molecule has 1 aliphatic rings. The highest BCUT2D eigenvalue weighted by atomic mass is 16.6. The second-order valence-electron chi connectivity index (χ2n) is 8.22. The van der Waals surface area contributed by atoms with Crippen LogP contribution < -0.4 is 4.90 Å². The van der Waals surface area contributed by atoms with Gasteiger partial charge in [-0.15, -0.1) is 0 Å². The number of pyridine rings is 1. The first kappa shape index (κ1) is 22.2. The summed E-state index contributed by atoms with van der Waals surface area (Å²) in [5.41, 5.74) is 2.97. The quantitative estimate of drug-likeness (QED) is 0.365. The summed E-state index contributed by atoms with van der Waals surface area (Å²) >= 11 is 0. The summed E-state index contributed by atoms with van der Waals surface area (Å²) < 4.78 is 0. The number of nitriles is 1. The number of hydrogen-bond donors (Lipinski definition) is 0. The SMILES string of the molecule is N#Cc1ccccc1-c1ccc(CN(C(=O)C2CCCCC2)c2ncccc2[N+](=O)[O-])cc1. The summed E-state index contributed by atoms with van der Waals surface area (Å²) in [6, 6.07) is 20.1. The van der Waals surface area contributed by atoms with Crippen molar-refractivity contribution in [2.45, 2.75) is 38.6 Å². The average molecular weight is 441 g/mol. The molecule has 7 nitrogen and oxygen atoms in total. The summed E-state index contributed by atoms with van der Waals surface area (Å²) in [5.74, 6) is -0.186. The molecule has 1 aromatic heterocycles. The second-order valence-corrected chi connectivity index (χ2v) is 8.22. The highest BCUT2D eigenvalue weighted by molar-refractivity contribution is 5.96. The van der Waals surface area contributed by atoms with Gasteiger partial charge in [-0.2, -0.15) is 5.26 Å². The summed E-state index contributed by atoms with van der Waals surface area (Å²) in [5, 5.41) is 21.0. The Morgan fingerprint density at radius 3 is 2.48 bits per heavy atom. The second kappa shape index (κ2) is 10.0. The van der Waals surface area contributed by atoms with E-state index in [-0.39, 0.29) is 29.9 Å². The van der Waals surface area contributed by atoms with E-state index < -0.39 is 4.92 Å². The number of carbonyl (C=O) groups is 1. The molecule has 2 aromatic carbocycles. The third-order valence-electron chi connectivity index (χ3n) is 6.09. The van der Waals surface area contributed by atoms with Crippen LogP contribution in [0.1, 0.15) is 43.2 Å². The molecule has 4 rings (SSSR count). The number of benzene rings is 2. The van der Waals surface area contributed by atoms with Crippen LogP contribution >= 0.6 is 0 Å². The van der Waals surface area contributed by atoms with E-state index in [0.717, 1.165) is 48.8 Å². The van der Waals surface area contributed by atoms with E-state index in [1.54, 1.807) is 6.07 Å². The van der Waals surface area contributed by atoms with Gasteiger partial charge in [-0.05, 0) is 41.7 Å². The van der Waals surface area contributed by atoms with Crippen LogP contribution in [-0.4, -0.2) is 15.8 Å². The van der Waals surface area contributed by atoms with Gasteiger partial charge in [-0.3, -0.25) is 19.8 Å². The van der Waals surface area contributed by atoms with E-state index in [1.807, 2.05) is 42.5 Å². The molecular weight excluding hydrogens is 416 g/mol. The van der Waals surface area contributed by atoms with Gasteiger partial charge in [0.1, 0.15) is 0 Å². The predicted octanol–water partition coefficient (Wildman–Crippen LogP) is 5.64. The molecule has 1 aliphatic carbocycles. The molecule has 0 bridgehead atoms. The topological polar surface area (TPSA) is 100 Å². The van der Waals surface area contributed by atoms with Crippen molar-refractivity contribution in [3.63, 3.8) is 0 Å². The maximum atomic E-state index is 13.5. The Bertz CT molecular complexity index is 1190. The van der Waals surface area contributed by atoms with E-state index in [1.165, 1.54) is 23.2 Å². The maximum absolute atomic E-state index is 13.5. The number of nitrogens with zero attached hydrogens (tertiary/aromatic N) is 4. The lowest BCUT2D eigenvalue weighted by molar-refractivity contribution is -0.384. The first-order chi connectivity index (χ1) is 16.1. The lowest BCUT2D eigenvalue weighted by Crippen LogP contribution is -2.37. The van der Waals surface area contributed by atoms with Gasteiger partial charge in [0.25, 0.3) is 0 Å². The van der Waals surface area contributed by atoms with Gasteiger partial charge < -0.3 is 0 Å². The standard InChI is InChI=1S/C26H24N4O3/c27-17-22-9-4-5-10-23(22)20-14-12-19(13-15-20)18-29(26(31)21-7-2-1-3-8-21)25-24(30(32)33)11-6-16-28-25/h4-6,9-16,21H,1-3,7-8,18H2. The van der Waals surface area contributed by atoms with Crippen molar-refractivity contribution in [2.75, 3.05) is 4.90 Å². The van der Waals surface area contributed by atoms with E-state index >= 15 is 0 Å². The van der Waals surface area contributed by atoms with Gasteiger partial charge in [0.15, 0.2) is 0 Å². The lowest BCUT2D eigenvalue weighted by atomic mass is 9.88. The molecule has 0 radical (unpaired) electrons. The van der Waals surface area contributed by atoms with Crippen molar-refractivity contribution in [3.8, 4) is 17.2 Å². The molecule has 166 valence electrons. The van der Waals surface area contributed by atoms with Crippen molar-refractivity contribution >= 4 is 17.4 Å². The van der Waals surface area contributed by atoms with Crippen molar-refractivity contribution in [3.05, 3.63) is 88.1 Å². The number of nitro groups is 1. The average Bonchev–Trinajstić information content (AvgIpc) is 2.87. The minimum atomic E-state index is -0.495. The third-order valence-corrected chi connectivity index (χ3v) is 6.09. The Morgan fingerprint density at radius 2 is 1.79 bits per heavy atom. The zero-order valence-corrected chi connectivity index (χ0v) is 18.2. The molecule has 0 atom stereocenters. The van der Waals surface area contributed by atoms with Crippen LogP contribution in [0.15, 0.2) is 66.9 Å². The maximum Gasteiger partial charge on any atom is 0.312 e. The molecule has 1 fully saturated rings. The zero-order chi connectivity index (χ0) is 23.2. The molecule has 1 amide bonds. The fraction of sp³-hybridized carbons (Fsp3) is 0.269. The zero-order valence-electron chi connectivity index (χ0n) is 18.2. The van der Waals surface area contributed by atoms with Gasteiger partial charge in [-0.25, -0.2) is 4.98 Å². The monoisotopic (exact) mass is 440 g/mol. The Hall–Kier alpha value is -4.05. The summed E-state index contributed by atoms with van der Waals surface area (Å²) in [6.45, 7) is 0.188.